The normalized spacial score (nSPS) is 10.8. The Morgan fingerprint density at radius 1 is 1.28 bits per heavy atom. The van der Waals surface area contributed by atoms with Crippen LogP contribution >= 0.6 is 27.3 Å². The molecule has 11 heteroatoms. The second-order valence-corrected chi connectivity index (χ2v) is 7.69. The Morgan fingerprint density at radius 3 is 2.76 bits per heavy atom. The third kappa shape index (κ3) is 4.41. The fraction of sp³-hybridized carbons (Fsp3) is 0.0556. The van der Waals surface area contributed by atoms with Crippen molar-refractivity contribution in [1.82, 2.24) is 14.8 Å². The average Bonchev–Trinajstić information content (AvgIpc) is 3.44. The van der Waals surface area contributed by atoms with Gasteiger partial charge < -0.3 is 4.42 Å². The lowest BCUT2D eigenvalue weighted by Crippen LogP contribution is -2.10. The monoisotopic (exact) mass is 473 g/mol. The van der Waals surface area contributed by atoms with Crippen LogP contribution in [0.1, 0.15) is 16.3 Å². The van der Waals surface area contributed by atoms with E-state index in [0.717, 1.165) is 10.0 Å². The van der Waals surface area contributed by atoms with Gasteiger partial charge in [0.2, 0.25) is 0 Å². The van der Waals surface area contributed by atoms with Crippen molar-refractivity contribution in [2.45, 2.75) is 6.54 Å². The fourth-order valence-corrected chi connectivity index (χ4v) is 3.59. The third-order valence-electron chi connectivity index (χ3n) is 3.90. The number of aromatic nitrogens is 3. The van der Waals surface area contributed by atoms with Gasteiger partial charge in [-0.05, 0) is 40.2 Å². The number of hydrogen-bond donors (Lipinski definition) is 1. The SMILES string of the molecule is O=C(Nc1nc(-c2ccc([N+](=O)[O-])cc2)cs1)c1ccc(Cn2cc(Br)cn2)o1. The second kappa shape index (κ2) is 7.97. The van der Waals surface area contributed by atoms with Crippen molar-refractivity contribution in [3.63, 3.8) is 0 Å². The molecule has 0 aliphatic heterocycles. The Bertz CT molecular complexity index is 1180. The minimum Gasteiger partial charge on any atom is -0.454 e. The first-order chi connectivity index (χ1) is 14.0. The highest BCUT2D eigenvalue weighted by atomic mass is 79.9. The molecular formula is C18H12BrN5O4S. The van der Waals surface area contributed by atoms with Crippen molar-refractivity contribution in [3.05, 3.63) is 80.3 Å². The van der Waals surface area contributed by atoms with Crippen LogP contribution in [-0.2, 0) is 6.54 Å². The molecule has 4 rings (SSSR count). The molecule has 0 unspecified atom stereocenters. The number of non-ortho nitro benzene ring substituents is 1. The molecule has 0 aliphatic rings. The molecule has 0 saturated carbocycles. The highest BCUT2D eigenvalue weighted by Crippen LogP contribution is 2.27. The van der Waals surface area contributed by atoms with Gasteiger partial charge in [-0.2, -0.15) is 5.10 Å². The summed E-state index contributed by atoms with van der Waals surface area (Å²) in [5.74, 6) is 0.345. The van der Waals surface area contributed by atoms with Crippen molar-refractivity contribution in [2.24, 2.45) is 0 Å². The number of benzene rings is 1. The van der Waals surface area contributed by atoms with Gasteiger partial charge in [-0.1, -0.05) is 0 Å². The highest BCUT2D eigenvalue weighted by Gasteiger charge is 2.15. The predicted octanol–water partition coefficient (Wildman–Crippen LogP) is 4.57. The van der Waals surface area contributed by atoms with Gasteiger partial charge in [0, 0.05) is 29.3 Å². The maximum absolute atomic E-state index is 12.4. The quantitative estimate of drug-likeness (QED) is 0.323. The Morgan fingerprint density at radius 2 is 2.07 bits per heavy atom. The van der Waals surface area contributed by atoms with Crippen LogP contribution in [-0.4, -0.2) is 25.6 Å². The van der Waals surface area contributed by atoms with Gasteiger partial charge in [-0.3, -0.25) is 24.9 Å². The first-order valence-corrected chi connectivity index (χ1v) is 9.93. The minimum atomic E-state index is -0.459. The summed E-state index contributed by atoms with van der Waals surface area (Å²) in [6.07, 6.45) is 3.47. The van der Waals surface area contributed by atoms with Crippen LogP contribution < -0.4 is 5.32 Å². The van der Waals surface area contributed by atoms with Crippen LogP contribution in [0.2, 0.25) is 0 Å². The number of carbonyl (C=O) groups excluding carboxylic acids is 1. The Hall–Kier alpha value is -3.31. The number of amides is 1. The van der Waals surface area contributed by atoms with E-state index < -0.39 is 10.8 Å². The maximum Gasteiger partial charge on any atom is 0.293 e. The zero-order chi connectivity index (χ0) is 20.4. The Labute approximate surface area is 176 Å². The summed E-state index contributed by atoms with van der Waals surface area (Å²) >= 11 is 4.58. The third-order valence-corrected chi connectivity index (χ3v) is 5.07. The van der Waals surface area contributed by atoms with E-state index in [4.69, 9.17) is 4.42 Å². The molecule has 0 fully saturated rings. The Balaban J connectivity index is 1.42. The molecule has 1 amide bonds. The van der Waals surface area contributed by atoms with E-state index >= 15 is 0 Å². The van der Waals surface area contributed by atoms with Crippen molar-refractivity contribution in [1.29, 1.82) is 0 Å². The number of nitro groups is 1. The van der Waals surface area contributed by atoms with E-state index in [2.05, 4.69) is 31.3 Å². The molecular weight excluding hydrogens is 462 g/mol. The number of nitro benzene ring substituents is 1. The number of rotatable bonds is 6. The molecule has 3 heterocycles. The predicted molar refractivity (Wildman–Crippen MR) is 110 cm³/mol. The molecule has 146 valence electrons. The van der Waals surface area contributed by atoms with E-state index in [1.165, 1.54) is 23.5 Å². The van der Waals surface area contributed by atoms with Crippen LogP contribution in [0.5, 0.6) is 0 Å². The van der Waals surface area contributed by atoms with Gasteiger partial charge in [0.1, 0.15) is 5.76 Å². The molecule has 0 aliphatic carbocycles. The van der Waals surface area contributed by atoms with Crippen LogP contribution in [0.3, 0.4) is 0 Å². The van der Waals surface area contributed by atoms with Crippen molar-refractivity contribution in [3.8, 4) is 11.3 Å². The standard InChI is InChI=1S/C18H12BrN5O4S/c19-12-7-20-23(8-12)9-14-5-6-16(28-14)17(25)22-18-21-15(10-29-18)11-1-3-13(4-2-11)24(26)27/h1-8,10H,9H2,(H,21,22,25). The lowest BCUT2D eigenvalue weighted by atomic mass is 10.1. The summed E-state index contributed by atoms with van der Waals surface area (Å²) in [5.41, 5.74) is 1.34. The molecule has 3 aromatic heterocycles. The summed E-state index contributed by atoms with van der Waals surface area (Å²) in [5, 5.41) is 19.7. The topological polar surface area (TPSA) is 116 Å². The zero-order valence-corrected chi connectivity index (χ0v) is 17.0. The van der Waals surface area contributed by atoms with Crippen LogP contribution in [0, 0.1) is 10.1 Å². The molecule has 0 spiro atoms. The molecule has 0 saturated heterocycles. The minimum absolute atomic E-state index is 0.00796. The maximum atomic E-state index is 12.4. The molecule has 1 N–H and O–H groups in total. The molecule has 0 radical (unpaired) electrons. The summed E-state index contributed by atoms with van der Waals surface area (Å²) in [6, 6.07) is 9.37. The molecule has 0 atom stereocenters. The van der Waals surface area contributed by atoms with Gasteiger partial charge in [0.15, 0.2) is 10.9 Å². The zero-order valence-electron chi connectivity index (χ0n) is 14.6. The van der Waals surface area contributed by atoms with E-state index in [9.17, 15) is 14.9 Å². The number of carbonyl (C=O) groups is 1. The van der Waals surface area contributed by atoms with Crippen LogP contribution in [0.15, 0.2) is 63.1 Å². The number of thiazole rings is 1. The number of hydrogen-bond acceptors (Lipinski definition) is 7. The molecule has 29 heavy (non-hydrogen) atoms. The van der Waals surface area contributed by atoms with Crippen LogP contribution in [0.4, 0.5) is 10.8 Å². The highest BCUT2D eigenvalue weighted by molar-refractivity contribution is 9.10. The summed E-state index contributed by atoms with van der Waals surface area (Å²) in [7, 11) is 0. The number of halogens is 1. The first kappa shape index (κ1) is 19.0. The van der Waals surface area contributed by atoms with Gasteiger partial charge in [-0.15, -0.1) is 11.3 Å². The van der Waals surface area contributed by atoms with Crippen molar-refractivity contribution < 1.29 is 14.1 Å². The lowest BCUT2D eigenvalue weighted by Gasteiger charge is -2.00. The van der Waals surface area contributed by atoms with Crippen molar-refractivity contribution in [2.75, 3.05) is 5.32 Å². The van der Waals surface area contributed by atoms with E-state index in [1.54, 1.807) is 46.7 Å². The van der Waals surface area contributed by atoms with Crippen molar-refractivity contribution >= 4 is 44.0 Å². The van der Waals surface area contributed by atoms with E-state index in [0.29, 0.717) is 23.1 Å². The van der Waals surface area contributed by atoms with Gasteiger partial charge in [-0.25, -0.2) is 4.98 Å². The van der Waals surface area contributed by atoms with Gasteiger partial charge in [0.05, 0.1) is 27.8 Å². The largest absolute Gasteiger partial charge is 0.454 e. The smallest absolute Gasteiger partial charge is 0.293 e. The molecule has 0 bridgehead atoms. The summed E-state index contributed by atoms with van der Waals surface area (Å²) in [4.78, 5) is 27.0. The lowest BCUT2D eigenvalue weighted by molar-refractivity contribution is -0.384. The number of furan rings is 1. The first-order valence-electron chi connectivity index (χ1n) is 8.26. The Kier molecular flexibility index (Phi) is 5.23. The average molecular weight is 474 g/mol. The molecule has 4 aromatic rings. The fourth-order valence-electron chi connectivity index (χ4n) is 2.55. The number of anilines is 1. The van der Waals surface area contributed by atoms with E-state index in [-0.39, 0.29) is 11.4 Å². The molecule has 1 aromatic carbocycles. The molecule has 9 nitrogen and oxygen atoms in total. The van der Waals surface area contributed by atoms with Gasteiger partial charge >= 0.3 is 0 Å². The summed E-state index contributed by atoms with van der Waals surface area (Å²) in [6.45, 7) is 0.403. The number of nitrogens with zero attached hydrogens (tertiary/aromatic N) is 4. The number of nitrogens with one attached hydrogen (secondary N) is 1. The second-order valence-electron chi connectivity index (χ2n) is 5.92. The van der Waals surface area contributed by atoms with Gasteiger partial charge in [0.25, 0.3) is 11.6 Å². The van der Waals surface area contributed by atoms with Crippen LogP contribution in [0.25, 0.3) is 11.3 Å². The summed E-state index contributed by atoms with van der Waals surface area (Å²) < 4.78 is 8.12. The van der Waals surface area contributed by atoms with E-state index in [1.807, 2.05) is 0 Å².